The van der Waals surface area contributed by atoms with Gasteiger partial charge in [-0.15, -0.1) is 0 Å². The Labute approximate surface area is 254 Å². The van der Waals surface area contributed by atoms with E-state index in [1.165, 1.54) is 32.0 Å². The fourth-order valence-corrected chi connectivity index (χ4v) is 4.14. The minimum atomic E-state index is -0.430. The molecule has 232 valence electrons. The molecule has 0 saturated heterocycles. The van der Waals surface area contributed by atoms with E-state index in [0.717, 1.165) is 0 Å². The van der Waals surface area contributed by atoms with Gasteiger partial charge in [0.1, 0.15) is 42.2 Å². The second kappa shape index (κ2) is 13.2. The van der Waals surface area contributed by atoms with E-state index < -0.39 is 11.8 Å². The summed E-state index contributed by atoms with van der Waals surface area (Å²) in [5.41, 5.74) is 1.17. The van der Waals surface area contributed by atoms with Crippen LogP contribution in [0.15, 0.2) is 54.9 Å². The maximum Gasteiger partial charge on any atom is 0.273 e. The Balaban J connectivity index is 1.33. The fourth-order valence-electron chi connectivity index (χ4n) is 4.14. The first-order valence-corrected chi connectivity index (χ1v) is 13.9. The number of ether oxygens (including phenoxy) is 1. The van der Waals surface area contributed by atoms with Gasteiger partial charge in [0.25, 0.3) is 11.8 Å². The van der Waals surface area contributed by atoms with Crippen molar-refractivity contribution in [3.8, 4) is 52.1 Å². The zero-order chi connectivity index (χ0) is 31.2. The summed E-state index contributed by atoms with van der Waals surface area (Å²) >= 11 is 0. The van der Waals surface area contributed by atoms with Gasteiger partial charge in [0.2, 0.25) is 29.5 Å². The minimum Gasteiger partial charge on any atom is -0.493 e. The lowest BCUT2D eigenvalue weighted by atomic mass is 10.2. The molecular weight excluding hydrogens is 590 g/mol. The number of rotatable bonds is 5. The maximum atomic E-state index is 12.5. The SMILES string of the molecule is CC(=O)NCCCOc1cc2nc(c1)-c1nc(co1)-c1nc(co1)C(=O)NCCNCCNC(=O)c1coc(n1)-c1coc-2n1. The molecule has 3 amide bonds. The van der Waals surface area contributed by atoms with Crippen LogP contribution in [0, 0.1) is 0 Å². The smallest absolute Gasteiger partial charge is 0.273 e. The molecule has 10 bridgehead atoms. The molecule has 0 fully saturated rings. The molecule has 5 aromatic heterocycles. The first-order chi connectivity index (χ1) is 21.9. The van der Waals surface area contributed by atoms with Gasteiger partial charge in [-0.2, -0.15) is 0 Å². The topological polar surface area (TPSA) is 226 Å². The molecule has 0 radical (unpaired) electrons. The zero-order valence-electron chi connectivity index (χ0n) is 23.9. The highest BCUT2D eigenvalue weighted by molar-refractivity contribution is 5.92. The Morgan fingerprint density at radius 2 is 1.18 bits per heavy atom. The fraction of sp³-hybridized carbons (Fsp3) is 0.286. The van der Waals surface area contributed by atoms with Gasteiger partial charge in [0, 0.05) is 51.8 Å². The third kappa shape index (κ3) is 7.04. The zero-order valence-corrected chi connectivity index (χ0v) is 23.9. The third-order valence-electron chi connectivity index (χ3n) is 6.30. The number of fused-ring (bicyclic) bond motifs is 14. The van der Waals surface area contributed by atoms with Crippen molar-refractivity contribution in [2.45, 2.75) is 13.3 Å². The van der Waals surface area contributed by atoms with E-state index in [0.29, 0.717) is 44.9 Å². The van der Waals surface area contributed by atoms with Crippen LogP contribution in [0.3, 0.4) is 0 Å². The van der Waals surface area contributed by atoms with E-state index >= 15 is 0 Å². The van der Waals surface area contributed by atoms with E-state index in [-0.39, 0.29) is 70.2 Å². The molecule has 4 N–H and O–H groups in total. The minimum absolute atomic E-state index is 0.0676. The van der Waals surface area contributed by atoms with E-state index in [1.807, 2.05) is 0 Å². The molecule has 17 nitrogen and oxygen atoms in total. The van der Waals surface area contributed by atoms with Crippen LogP contribution in [0.1, 0.15) is 34.3 Å². The molecule has 0 atom stereocenters. The second-order valence-electron chi connectivity index (χ2n) is 9.67. The standard InChI is InChI=1S/C28H27N9O8/c1-15(38)30-3-2-8-41-16-9-17-25-36-21(13-44-25)27-34-19(11-42-27)23(39)31-6-4-29-5-7-32-24(40)20-12-43-28(35-20)22-14-45-26(37-22)18(10-16)33-17/h9-14,29H,2-8H2,1H3,(H,30,38)(H,31,39)(H,32,40). The Kier molecular flexibility index (Phi) is 8.58. The first kappa shape index (κ1) is 29.2. The number of carbonyl (C=O) groups excluding carboxylic acids is 3. The molecule has 1 aliphatic rings. The lowest BCUT2D eigenvalue weighted by Crippen LogP contribution is -2.36. The van der Waals surface area contributed by atoms with Crippen LogP contribution in [0.25, 0.3) is 46.3 Å². The summed E-state index contributed by atoms with van der Waals surface area (Å²) in [4.78, 5) is 58.2. The third-order valence-corrected chi connectivity index (χ3v) is 6.30. The predicted octanol–water partition coefficient (Wildman–Crippen LogP) is 1.67. The molecule has 45 heavy (non-hydrogen) atoms. The molecule has 0 spiro atoms. The van der Waals surface area contributed by atoms with E-state index in [2.05, 4.69) is 46.2 Å². The van der Waals surface area contributed by atoms with Gasteiger partial charge in [-0.1, -0.05) is 0 Å². The van der Waals surface area contributed by atoms with Crippen LogP contribution in [-0.2, 0) is 4.79 Å². The van der Waals surface area contributed by atoms with Crippen LogP contribution in [0.2, 0.25) is 0 Å². The molecule has 6 rings (SSSR count). The number of aromatic nitrogens is 5. The Morgan fingerprint density at radius 1 is 0.711 bits per heavy atom. The Morgan fingerprint density at radius 3 is 1.69 bits per heavy atom. The van der Waals surface area contributed by atoms with Crippen molar-refractivity contribution in [1.82, 2.24) is 46.2 Å². The largest absolute Gasteiger partial charge is 0.493 e. The van der Waals surface area contributed by atoms with Crippen molar-refractivity contribution in [2.75, 3.05) is 39.3 Å². The molecule has 17 heteroatoms. The van der Waals surface area contributed by atoms with E-state index in [4.69, 9.17) is 22.4 Å². The normalized spacial score (nSPS) is 13.8. The van der Waals surface area contributed by atoms with Crippen molar-refractivity contribution in [1.29, 1.82) is 0 Å². The van der Waals surface area contributed by atoms with Gasteiger partial charge in [0.15, 0.2) is 22.8 Å². The molecule has 0 saturated carbocycles. The predicted molar refractivity (Wildman–Crippen MR) is 153 cm³/mol. The average Bonchev–Trinajstić information content (AvgIpc) is 3.85. The van der Waals surface area contributed by atoms with Crippen LogP contribution in [-0.4, -0.2) is 82.0 Å². The molecule has 0 aromatic carbocycles. The molecule has 6 heterocycles. The summed E-state index contributed by atoms with van der Waals surface area (Å²) in [6, 6.07) is 3.24. The van der Waals surface area contributed by atoms with Gasteiger partial charge in [-0.05, 0) is 6.42 Å². The molecule has 0 unspecified atom stereocenters. The Hall–Kier alpha value is -5.84. The number of hydrogen-bond donors (Lipinski definition) is 4. The second-order valence-corrected chi connectivity index (χ2v) is 9.67. The van der Waals surface area contributed by atoms with Crippen molar-refractivity contribution >= 4 is 17.7 Å². The summed E-state index contributed by atoms with van der Waals surface area (Å²) < 4.78 is 28.3. The average molecular weight is 618 g/mol. The van der Waals surface area contributed by atoms with Gasteiger partial charge in [0.05, 0.1) is 6.61 Å². The number of nitrogens with zero attached hydrogens (tertiary/aromatic N) is 5. The highest BCUT2D eigenvalue weighted by Crippen LogP contribution is 2.31. The van der Waals surface area contributed by atoms with Gasteiger partial charge in [-0.25, -0.2) is 24.9 Å². The summed E-state index contributed by atoms with van der Waals surface area (Å²) in [6.07, 6.45) is 5.66. The van der Waals surface area contributed by atoms with Crippen molar-refractivity contribution in [3.63, 3.8) is 0 Å². The molecule has 5 aromatic rings. The van der Waals surface area contributed by atoms with E-state index in [9.17, 15) is 14.4 Å². The van der Waals surface area contributed by atoms with E-state index in [1.54, 1.807) is 12.1 Å². The van der Waals surface area contributed by atoms with Crippen LogP contribution in [0.4, 0.5) is 0 Å². The van der Waals surface area contributed by atoms with Crippen LogP contribution < -0.4 is 26.0 Å². The summed E-state index contributed by atoms with van der Waals surface area (Å²) in [5.74, 6) is -0.228. The Bertz CT molecular complexity index is 1710. The highest BCUT2D eigenvalue weighted by Gasteiger charge is 2.21. The monoisotopic (exact) mass is 617 g/mol. The number of hydrogen-bond acceptors (Lipinski definition) is 14. The van der Waals surface area contributed by atoms with Crippen molar-refractivity contribution in [2.24, 2.45) is 0 Å². The quantitative estimate of drug-likeness (QED) is 0.206. The number of amides is 3. The lowest BCUT2D eigenvalue weighted by Gasteiger charge is -2.09. The van der Waals surface area contributed by atoms with Gasteiger partial charge >= 0.3 is 0 Å². The van der Waals surface area contributed by atoms with Crippen LogP contribution >= 0.6 is 0 Å². The molecule has 0 aliphatic carbocycles. The number of nitrogens with one attached hydrogen (secondary N) is 4. The lowest BCUT2D eigenvalue weighted by molar-refractivity contribution is -0.118. The highest BCUT2D eigenvalue weighted by atomic mass is 16.5. The molecular formula is C28H27N9O8. The molecule has 1 aliphatic heterocycles. The number of pyridine rings is 1. The van der Waals surface area contributed by atoms with Gasteiger partial charge in [-0.3, -0.25) is 14.4 Å². The first-order valence-electron chi connectivity index (χ1n) is 13.9. The maximum absolute atomic E-state index is 12.5. The van der Waals surface area contributed by atoms with Crippen molar-refractivity contribution < 1.29 is 36.8 Å². The number of carbonyl (C=O) groups is 3. The van der Waals surface area contributed by atoms with Gasteiger partial charge < -0.3 is 43.7 Å². The number of oxazole rings is 4. The summed E-state index contributed by atoms with van der Waals surface area (Å²) in [6.45, 7) is 3.70. The summed E-state index contributed by atoms with van der Waals surface area (Å²) in [7, 11) is 0. The summed E-state index contributed by atoms with van der Waals surface area (Å²) in [5, 5.41) is 11.3. The van der Waals surface area contributed by atoms with Crippen LogP contribution in [0.5, 0.6) is 5.75 Å². The van der Waals surface area contributed by atoms with Crippen molar-refractivity contribution in [3.05, 3.63) is 48.6 Å².